The normalized spacial score (nSPS) is 16.2. The zero-order valence-corrected chi connectivity index (χ0v) is 15.9. The number of nitrogens with two attached hydrogens (primary N) is 1. The Bertz CT molecular complexity index is 843. The summed E-state index contributed by atoms with van der Waals surface area (Å²) in [5, 5.41) is 4.20. The van der Waals surface area contributed by atoms with Crippen molar-refractivity contribution in [1.82, 2.24) is 20.2 Å². The molecule has 3 rings (SSSR count). The van der Waals surface area contributed by atoms with Gasteiger partial charge in [0.25, 0.3) is 5.91 Å². The smallest absolute Gasteiger partial charge is 0.257 e. The lowest BCUT2D eigenvalue weighted by molar-refractivity contribution is -0.128. The molecule has 2 amide bonds. The van der Waals surface area contributed by atoms with Crippen LogP contribution in [-0.2, 0) is 11.3 Å². The SMILES string of the molecule is CC[C@@H](CN)NC(=O)[C@@H](C(C)C)N1Cc2c(Cl)cnc3[nH]cc(c23)C1=O. The summed E-state index contributed by atoms with van der Waals surface area (Å²) in [6, 6.07) is -0.715. The summed E-state index contributed by atoms with van der Waals surface area (Å²) < 4.78 is 0. The maximum atomic E-state index is 13.1. The number of aromatic amines is 1. The molecule has 1 aliphatic heterocycles. The minimum Gasteiger partial charge on any atom is -0.350 e. The van der Waals surface area contributed by atoms with Gasteiger partial charge in [-0.25, -0.2) is 4.98 Å². The minimum absolute atomic E-state index is 0.0640. The van der Waals surface area contributed by atoms with Gasteiger partial charge < -0.3 is 20.9 Å². The molecule has 2 aromatic heterocycles. The lowest BCUT2D eigenvalue weighted by Crippen LogP contribution is -2.55. The van der Waals surface area contributed by atoms with Crippen molar-refractivity contribution in [2.24, 2.45) is 11.7 Å². The highest BCUT2D eigenvalue weighted by molar-refractivity contribution is 6.32. The predicted molar refractivity (Wildman–Crippen MR) is 101 cm³/mol. The number of carbonyl (C=O) groups excluding carboxylic acids is 2. The highest BCUT2D eigenvalue weighted by atomic mass is 35.5. The van der Waals surface area contributed by atoms with Gasteiger partial charge in [-0.15, -0.1) is 0 Å². The maximum absolute atomic E-state index is 13.1. The van der Waals surface area contributed by atoms with Crippen molar-refractivity contribution >= 4 is 34.4 Å². The monoisotopic (exact) mass is 377 g/mol. The van der Waals surface area contributed by atoms with Crippen LogP contribution in [0.15, 0.2) is 12.4 Å². The molecular weight excluding hydrogens is 354 g/mol. The third-order valence-electron chi connectivity index (χ3n) is 4.94. The molecule has 2 atom stereocenters. The summed E-state index contributed by atoms with van der Waals surface area (Å²) in [6.07, 6.45) is 3.94. The van der Waals surface area contributed by atoms with Gasteiger partial charge in [-0.3, -0.25) is 9.59 Å². The highest BCUT2D eigenvalue weighted by Crippen LogP contribution is 2.34. The first kappa shape index (κ1) is 18.7. The summed E-state index contributed by atoms with van der Waals surface area (Å²) in [4.78, 5) is 34.8. The van der Waals surface area contributed by atoms with Crippen LogP contribution < -0.4 is 11.1 Å². The number of hydrogen-bond donors (Lipinski definition) is 3. The molecule has 2 aromatic rings. The van der Waals surface area contributed by atoms with Gasteiger partial charge in [0.1, 0.15) is 11.7 Å². The lowest BCUT2D eigenvalue weighted by atomic mass is 9.95. The zero-order chi connectivity index (χ0) is 19.0. The molecule has 26 heavy (non-hydrogen) atoms. The molecule has 8 heteroatoms. The lowest BCUT2D eigenvalue weighted by Gasteiger charge is -2.36. The fourth-order valence-electron chi connectivity index (χ4n) is 3.50. The van der Waals surface area contributed by atoms with E-state index in [1.807, 2.05) is 20.8 Å². The molecule has 0 spiro atoms. The van der Waals surface area contributed by atoms with Crippen molar-refractivity contribution in [3.05, 3.63) is 28.5 Å². The second-order valence-electron chi connectivity index (χ2n) is 6.98. The quantitative estimate of drug-likeness (QED) is 0.716. The van der Waals surface area contributed by atoms with Gasteiger partial charge in [-0.2, -0.15) is 0 Å². The van der Waals surface area contributed by atoms with E-state index in [4.69, 9.17) is 17.3 Å². The summed E-state index contributed by atoms with van der Waals surface area (Å²) in [6.45, 7) is 6.46. The predicted octanol–water partition coefficient (Wildman–Crippen LogP) is 2.05. The van der Waals surface area contributed by atoms with Crippen LogP contribution in [0.4, 0.5) is 0 Å². The number of hydrogen-bond acceptors (Lipinski definition) is 4. The molecule has 0 saturated carbocycles. The Morgan fingerprint density at radius 2 is 2.23 bits per heavy atom. The molecule has 3 heterocycles. The summed E-state index contributed by atoms with van der Waals surface area (Å²) >= 11 is 6.34. The minimum atomic E-state index is -0.606. The molecule has 0 aromatic carbocycles. The molecule has 0 aliphatic carbocycles. The Morgan fingerprint density at radius 1 is 1.50 bits per heavy atom. The van der Waals surface area contributed by atoms with E-state index in [9.17, 15) is 9.59 Å². The van der Waals surface area contributed by atoms with Gasteiger partial charge in [0, 0.05) is 42.5 Å². The van der Waals surface area contributed by atoms with E-state index in [-0.39, 0.29) is 30.3 Å². The van der Waals surface area contributed by atoms with Crippen LogP contribution in [0.25, 0.3) is 11.0 Å². The van der Waals surface area contributed by atoms with Crippen molar-refractivity contribution in [1.29, 1.82) is 0 Å². The van der Waals surface area contributed by atoms with E-state index in [0.29, 0.717) is 22.8 Å². The van der Waals surface area contributed by atoms with Gasteiger partial charge >= 0.3 is 0 Å². The third-order valence-corrected chi connectivity index (χ3v) is 5.26. The van der Waals surface area contributed by atoms with Gasteiger partial charge in [-0.05, 0) is 12.3 Å². The number of aromatic nitrogens is 2. The molecule has 4 N–H and O–H groups in total. The van der Waals surface area contributed by atoms with Crippen molar-refractivity contribution in [3.8, 4) is 0 Å². The van der Waals surface area contributed by atoms with E-state index in [1.54, 1.807) is 17.3 Å². The van der Waals surface area contributed by atoms with E-state index in [2.05, 4.69) is 15.3 Å². The van der Waals surface area contributed by atoms with E-state index >= 15 is 0 Å². The first-order valence-electron chi connectivity index (χ1n) is 8.84. The number of nitrogens with zero attached hydrogens (tertiary/aromatic N) is 2. The van der Waals surface area contributed by atoms with E-state index in [0.717, 1.165) is 17.4 Å². The number of nitrogens with one attached hydrogen (secondary N) is 2. The van der Waals surface area contributed by atoms with Crippen LogP contribution in [0.1, 0.15) is 43.1 Å². The maximum Gasteiger partial charge on any atom is 0.257 e. The molecule has 0 radical (unpaired) electrons. The first-order chi connectivity index (χ1) is 12.4. The molecule has 0 fully saturated rings. The third kappa shape index (κ3) is 3.05. The van der Waals surface area contributed by atoms with Crippen LogP contribution >= 0.6 is 11.6 Å². The van der Waals surface area contributed by atoms with Crippen LogP contribution in [-0.4, -0.2) is 45.3 Å². The van der Waals surface area contributed by atoms with Gasteiger partial charge in [0.05, 0.1) is 10.6 Å². The standard InChI is InChI=1S/C18H24ClN5O2/c1-4-10(5-20)23-17(25)15(9(2)3)24-8-12-13(19)7-22-16-14(12)11(6-21-16)18(24)26/h6-7,9-10,15H,4-5,8,20H2,1-3H3,(H,21,22)(H,23,25)/t10-,15+/m0/s1. The topological polar surface area (TPSA) is 104 Å². The molecule has 7 nitrogen and oxygen atoms in total. The van der Waals surface area contributed by atoms with Crippen molar-refractivity contribution in [3.63, 3.8) is 0 Å². The van der Waals surface area contributed by atoms with Gasteiger partial charge in [0.2, 0.25) is 5.91 Å². The largest absolute Gasteiger partial charge is 0.350 e. The van der Waals surface area contributed by atoms with E-state index < -0.39 is 6.04 Å². The Morgan fingerprint density at radius 3 is 2.85 bits per heavy atom. The molecule has 0 unspecified atom stereocenters. The zero-order valence-electron chi connectivity index (χ0n) is 15.2. The average Bonchev–Trinajstić information content (AvgIpc) is 3.04. The van der Waals surface area contributed by atoms with E-state index in [1.165, 1.54) is 0 Å². The average molecular weight is 378 g/mol. The first-order valence-corrected chi connectivity index (χ1v) is 9.22. The molecule has 0 saturated heterocycles. The second-order valence-corrected chi connectivity index (χ2v) is 7.39. The summed E-state index contributed by atoms with van der Waals surface area (Å²) in [5.41, 5.74) is 7.66. The number of halogens is 1. The summed E-state index contributed by atoms with van der Waals surface area (Å²) in [7, 11) is 0. The van der Waals surface area contributed by atoms with Crippen LogP contribution in [0, 0.1) is 5.92 Å². The van der Waals surface area contributed by atoms with Crippen LogP contribution in [0.5, 0.6) is 0 Å². The number of amides is 2. The molecule has 140 valence electrons. The fraction of sp³-hybridized carbons (Fsp3) is 0.500. The number of H-pyrrole nitrogens is 1. The number of carbonyl (C=O) groups is 2. The van der Waals surface area contributed by atoms with Crippen LogP contribution in [0.3, 0.4) is 0 Å². The molecule has 1 aliphatic rings. The van der Waals surface area contributed by atoms with Crippen molar-refractivity contribution in [2.75, 3.05) is 6.54 Å². The number of rotatable bonds is 6. The molecule has 0 bridgehead atoms. The Balaban J connectivity index is 1.98. The Hall–Kier alpha value is -2.12. The molecular formula is C18H24ClN5O2. The Labute approximate surface area is 157 Å². The summed E-state index contributed by atoms with van der Waals surface area (Å²) in [5.74, 6) is -0.445. The Kier molecular flexibility index (Phi) is 5.20. The number of pyridine rings is 1. The second kappa shape index (κ2) is 7.25. The fourth-order valence-corrected chi connectivity index (χ4v) is 3.70. The van der Waals surface area contributed by atoms with Crippen LogP contribution in [0.2, 0.25) is 5.02 Å². The van der Waals surface area contributed by atoms with Crippen molar-refractivity contribution < 1.29 is 9.59 Å². The van der Waals surface area contributed by atoms with Gasteiger partial charge in [0.15, 0.2) is 0 Å². The highest BCUT2D eigenvalue weighted by Gasteiger charge is 2.38. The van der Waals surface area contributed by atoms with Crippen molar-refractivity contribution in [2.45, 2.75) is 45.8 Å². The van der Waals surface area contributed by atoms with Gasteiger partial charge in [-0.1, -0.05) is 32.4 Å².